The number of methoxy groups -OCH3 is 1. The second kappa shape index (κ2) is 6.35. The van der Waals surface area contributed by atoms with Gasteiger partial charge in [-0.1, -0.05) is 0 Å². The standard InChI is InChI=1S/C16H19N3O5/c1-16(2,3)24-15(20)18-9-10-7-13(19(21)22)14(23-4)8-11(10)12(18)5-6-17/h7-8,12H,5,9H2,1-4H3. The van der Waals surface area contributed by atoms with Crippen LogP contribution in [-0.2, 0) is 11.3 Å². The Morgan fingerprint density at radius 2 is 2.17 bits per heavy atom. The molecule has 24 heavy (non-hydrogen) atoms. The first-order valence-electron chi connectivity index (χ1n) is 7.39. The maximum atomic E-state index is 12.4. The van der Waals surface area contributed by atoms with Gasteiger partial charge in [-0.3, -0.25) is 15.0 Å². The predicted molar refractivity (Wildman–Crippen MR) is 84.4 cm³/mol. The number of carbonyl (C=O) groups excluding carboxylic acids is 1. The smallest absolute Gasteiger partial charge is 0.411 e. The highest BCUT2D eigenvalue weighted by molar-refractivity contribution is 5.71. The van der Waals surface area contributed by atoms with E-state index < -0.39 is 22.7 Å². The highest BCUT2D eigenvalue weighted by Gasteiger charge is 2.38. The van der Waals surface area contributed by atoms with Gasteiger partial charge in [0.2, 0.25) is 0 Å². The number of carbonyl (C=O) groups is 1. The molecule has 0 aromatic heterocycles. The number of ether oxygens (including phenoxy) is 2. The van der Waals surface area contributed by atoms with Crippen LogP contribution in [0.3, 0.4) is 0 Å². The van der Waals surface area contributed by atoms with Crippen LogP contribution >= 0.6 is 0 Å². The van der Waals surface area contributed by atoms with E-state index in [9.17, 15) is 14.9 Å². The molecule has 0 fully saturated rings. The van der Waals surface area contributed by atoms with Gasteiger partial charge in [0.25, 0.3) is 0 Å². The molecular formula is C16H19N3O5. The zero-order chi connectivity index (χ0) is 18.1. The largest absolute Gasteiger partial charge is 0.490 e. The van der Waals surface area contributed by atoms with E-state index >= 15 is 0 Å². The van der Waals surface area contributed by atoms with Crippen LogP contribution in [0.25, 0.3) is 0 Å². The molecule has 0 radical (unpaired) electrons. The molecule has 8 nitrogen and oxygen atoms in total. The fourth-order valence-corrected chi connectivity index (χ4v) is 2.66. The molecule has 1 atom stereocenters. The Labute approximate surface area is 139 Å². The van der Waals surface area contributed by atoms with Gasteiger partial charge in [-0.25, -0.2) is 4.79 Å². The molecule has 128 valence electrons. The molecule has 1 aromatic carbocycles. The molecule has 8 heteroatoms. The summed E-state index contributed by atoms with van der Waals surface area (Å²) in [5, 5.41) is 20.2. The highest BCUT2D eigenvalue weighted by atomic mass is 16.6. The van der Waals surface area contributed by atoms with Crippen LogP contribution in [0.5, 0.6) is 5.75 Å². The van der Waals surface area contributed by atoms with E-state index in [0.717, 1.165) is 0 Å². The molecule has 0 saturated carbocycles. The van der Waals surface area contributed by atoms with Crippen molar-refractivity contribution in [3.8, 4) is 11.8 Å². The van der Waals surface area contributed by atoms with E-state index in [1.54, 1.807) is 20.8 Å². The zero-order valence-corrected chi connectivity index (χ0v) is 14.0. The summed E-state index contributed by atoms with van der Waals surface area (Å²) in [5.41, 5.74) is 0.448. The molecule has 0 N–H and O–H groups in total. The minimum atomic E-state index is -0.674. The molecule has 1 aromatic rings. The number of hydrogen-bond donors (Lipinski definition) is 0. The predicted octanol–water partition coefficient (Wildman–Crippen LogP) is 3.31. The van der Waals surface area contributed by atoms with Crippen molar-refractivity contribution in [2.75, 3.05) is 7.11 Å². The van der Waals surface area contributed by atoms with E-state index in [-0.39, 0.29) is 24.4 Å². The maximum Gasteiger partial charge on any atom is 0.411 e. The number of fused-ring (bicyclic) bond motifs is 1. The summed E-state index contributed by atoms with van der Waals surface area (Å²) in [5.74, 6) is 0.104. The fraction of sp³-hybridized carbons (Fsp3) is 0.500. The summed E-state index contributed by atoms with van der Waals surface area (Å²) < 4.78 is 10.5. The van der Waals surface area contributed by atoms with Crippen molar-refractivity contribution in [3.05, 3.63) is 33.4 Å². The minimum Gasteiger partial charge on any atom is -0.490 e. The van der Waals surface area contributed by atoms with Gasteiger partial charge in [-0.15, -0.1) is 0 Å². The number of nitro benzene ring substituents is 1. The van der Waals surface area contributed by atoms with Crippen molar-refractivity contribution in [2.24, 2.45) is 0 Å². The van der Waals surface area contributed by atoms with E-state index in [1.807, 2.05) is 6.07 Å². The number of rotatable bonds is 3. The number of nitriles is 1. The van der Waals surface area contributed by atoms with E-state index in [2.05, 4.69) is 0 Å². The SMILES string of the molecule is COc1cc2c(cc1[N+](=O)[O-])CN(C(=O)OC(C)(C)C)C2CC#N. The first kappa shape index (κ1) is 17.5. The lowest BCUT2D eigenvalue weighted by Crippen LogP contribution is -2.35. The second-order valence-corrected chi connectivity index (χ2v) is 6.47. The third-order valence-electron chi connectivity index (χ3n) is 3.63. The lowest BCUT2D eigenvalue weighted by molar-refractivity contribution is -0.385. The van der Waals surface area contributed by atoms with Crippen LogP contribution in [0.15, 0.2) is 12.1 Å². The summed E-state index contributed by atoms with van der Waals surface area (Å²) in [6.07, 6.45) is -0.492. The molecular weight excluding hydrogens is 314 g/mol. The maximum absolute atomic E-state index is 12.4. The molecule has 0 bridgehead atoms. The Morgan fingerprint density at radius 3 is 2.67 bits per heavy atom. The molecule has 1 aliphatic heterocycles. The summed E-state index contributed by atoms with van der Waals surface area (Å²) in [6, 6.07) is 4.45. The Hall–Kier alpha value is -2.82. The Bertz CT molecular complexity index is 718. The lowest BCUT2D eigenvalue weighted by atomic mass is 10.0. The van der Waals surface area contributed by atoms with Crippen LogP contribution < -0.4 is 4.74 Å². The fourth-order valence-electron chi connectivity index (χ4n) is 2.66. The van der Waals surface area contributed by atoms with Gasteiger partial charge in [0, 0.05) is 6.07 Å². The van der Waals surface area contributed by atoms with Crippen molar-refractivity contribution in [3.63, 3.8) is 0 Å². The number of amides is 1. The summed E-state index contributed by atoms with van der Waals surface area (Å²) in [6.45, 7) is 5.41. The van der Waals surface area contributed by atoms with Gasteiger partial charge < -0.3 is 9.47 Å². The molecule has 0 saturated heterocycles. The van der Waals surface area contributed by atoms with Gasteiger partial charge in [0.15, 0.2) is 5.75 Å². The average molecular weight is 333 g/mol. The topological polar surface area (TPSA) is 106 Å². The highest BCUT2D eigenvalue weighted by Crippen LogP contribution is 2.42. The summed E-state index contributed by atoms with van der Waals surface area (Å²) in [7, 11) is 1.34. The van der Waals surface area contributed by atoms with Crippen LogP contribution in [0, 0.1) is 21.4 Å². The van der Waals surface area contributed by atoms with Crippen molar-refractivity contribution in [1.82, 2.24) is 4.90 Å². The van der Waals surface area contributed by atoms with Crippen molar-refractivity contribution in [2.45, 2.75) is 45.4 Å². The Morgan fingerprint density at radius 1 is 1.50 bits per heavy atom. The van der Waals surface area contributed by atoms with E-state index in [0.29, 0.717) is 11.1 Å². The second-order valence-electron chi connectivity index (χ2n) is 6.47. The van der Waals surface area contributed by atoms with Crippen LogP contribution in [0.2, 0.25) is 0 Å². The third kappa shape index (κ3) is 3.40. The van der Waals surface area contributed by atoms with E-state index in [1.165, 1.54) is 24.1 Å². The molecule has 0 aliphatic carbocycles. The molecule has 1 unspecified atom stereocenters. The summed E-state index contributed by atoms with van der Waals surface area (Å²) >= 11 is 0. The lowest BCUT2D eigenvalue weighted by Gasteiger charge is -2.27. The molecule has 0 spiro atoms. The van der Waals surface area contributed by atoms with Gasteiger partial charge in [-0.05, 0) is 38.0 Å². The first-order chi connectivity index (χ1) is 11.2. The number of benzene rings is 1. The molecule has 1 aliphatic rings. The molecule has 1 amide bonds. The Kier molecular flexibility index (Phi) is 4.64. The first-order valence-corrected chi connectivity index (χ1v) is 7.39. The van der Waals surface area contributed by atoms with E-state index in [4.69, 9.17) is 14.7 Å². The van der Waals surface area contributed by atoms with Crippen molar-refractivity contribution < 1.29 is 19.2 Å². The van der Waals surface area contributed by atoms with Gasteiger partial charge in [0.05, 0.1) is 37.1 Å². The zero-order valence-electron chi connectivity index (χ0n) is 14.0. The third-order valence-corrected chi connectivity index (χ3v) is 3.63. The molecule has 1 heterocycles. The normalized spacial score (nSPS) is 16.3. The number of nitrogens with zero attached hydrogens (tertiary/aromatic N) is 3. The van der Waals surface area contributed by atoms with Gasteiger partial charge in [-0.2, -0.15) is 5.26 Å². The van der Waals surface area contributed by atoms with Gasteiger partial charge in [0.1, 0.15) is 5.60 Å². The van der Waals surface area contributed by atoms with Crippen molar-refractivity contribution in [1.29, 1.82) is 5.26 Å². The van der Waals surface area contributed by atoms with Gasteiger partial charge >= 0.3 is 11.8 Å². The van der Waals surface area contributed by atoms with Crippen LogP contribution in [0.4, 0.5) is 10.5 Å². The monoisotopic (exact) mass is 333 g/mol. The number of hydrogen-bond acceptors (Lipinski definition) is 6. The van der Waals surface area contributed by atoms with Crippen LogP contribution in [0.1, 0.15) is 44.4 Å². The summed E-state index contributed by atoms with van der Waals surface area (Å²) in [4.78, 5) is 24.5. The molecule has 2 rings (SSSR count). The number of nitro groups is 1. The minimum absolute atomic E-state index is 0.0627. The van der Waals surface area contributed by atoms with Crippen molar-refractivity contribution >= 4 is 11.8 Å². The average Bonchev–Trinajstić information content (AvgIpc) is 2.82. The quantitative estimate of drug-likeness (QED) is 0.620. The Balaban J connectivity index is 2.43. The van der Waals surface area contributed by atoms with Crippen LogP contribution in [-0.4, -0.2) is 28.6 Å².